The number of carbonyl (C=O) groups excluding carboxylic acids is 1. The molecule has 1 unspecified atom stereocenters. The number of thiophene rings is 1. The van der Waals surface area contributed by atoms with Crippen molar-refractivity contribution < 1.29 is 4.79 Å². The fourth-order valence-corrected chi connectivity index (χ4v) is 3.07. The standard InChI is InChI=1S/C12H19N3OS/c1-2-15-6-3-4-9(15)8-14-12(16)11-10(13)5-7-17-11/h5,7,9H,2-4,6,8,13H2,1H3,(H,14,16). The van der Waals surface area contributed by atoms with E-state index in [0.29, 0.717) is 16.6 Å². The molecular weight excluding hydrogens is 234 g/mol. The lowest BCUT2D eigenvalue weighted by Crippen LogP contribution is -2.39. The Labute approximate surface area is 106 Å². The normalized spacial score (nSPS) is 20.6. The van der Waals surface area contributed by atoms with Crippen LogP contribution in [0.4, 0.5) is 5.69 Å². The SMILES string of the molecule is CCN1CCCC1CNC(=O)c1sccc1N. The Hall–Kier alpha value is -1.07. The number of hydrogen-bond acceptors (Lipinski definition) is 4. The molecule has 1 amide bonds. The number of nitrogens with zero attached hydrogens (tertiary/aromatic N) is 1. The van der Waals surface area contributed by atoms with Gasteiger partial charge in [-0.15, -0.1) is 11.3 Å². The number of nitrogens with one attached hydrogen (secondary N) is 1. The van der Waals surface area contributed by atoms with Gasteiger partial charge in [-0.05, 0) is 37.4 Å². The predicted molar refractivity (Wildman–Crippen MR) is 71.3 cm³/mol. The van der Waals surface area contributed by atoms with Gasteiger partial charge in [-0.25, -0.2) is 0 Å². The maximum Gasteiger partial charge on any atom is 0.263 e. The zero-order valence-corrected chi connectivity index (χ0v) is 10.9. The molecule has 94 valence electrons. The molecule has 5 heteroatoms. The molecule has 0 saturated carbocycles. The maximum absolute atomic E-state index is 11.9. The first-order valence-electron chi connectivity index (χ1n) is 6.07. The van der Waals surface area contributed by atoms with E-state index in [-0.39, 0.29) is 5.91 Å². The van der Waals surface area contributed by atoms with Crippen LogP contribution in [0.15, 0.2) is 11.4 Å². The van der Waals surface area contributed by atoms with Crippen LogP contribution in [0.3, 0.4) is 0 Å². The molecule has 1 aliphatic rings. The van der Waals surface area contributed by atoms with Gasteiger partial charge in [-0.1, -0.05) is 6.92 Å². The summed E-state index contributed by atoms with van der Waals surface area (Å²) in [6, 6.07) is 2.26. The lowest BCUT2D eigenvalue weighted by atomic mass is 10.2. The Morgan fingerprint density at radius 3 is 3.18 bits per heavy atom. The van der Waals surface area contributed by atoms with Gasteiger partial charge >= 0.3 is 0 Å². The van der Waals surface area contributed by atoms with Crippen molar-refractivity contribution in [3.05, 3.63) is 16.3 Å². The smallest absolute Gasteiger partial charge is 0.263 e. The predicted octanol–water partition coefficient (Wildman–Crippen LogP) is 1.54. The number of anilines is 1. The number of likely N-dealkylation sites (N-methyl/N-ethyl adjacent to an activating group) is 1. The molecular formula is C12H19N3OS. The minimum Gasteiger partial charge on any atom is -0.397 e. The monoisotopic (exact) mass is 253 g/mol. The van der Waals surface area contributed by atoms with E-state index in [1.54, 1.807) is 6.07 Å². The summed E-state index contributed by atoms with van der Waals surface area (Å²) in [5.74, 6) is -0.0412. The summed E-state index contributed by atoms with van der Waals surface area (Å²) in [4.78, 5) is 14.9. The van der Waals surface area contributed by atoms with Gasteiger partial charge in [-0.2, -0.15) is 0 Å². The van der Waals surface area contributed by atoms with Crippen LogP contribution in [0.1, 0.15) is 29.4 Å². The summed E-state index contributed by atoms with van der Waals surface area (Å²) in [7, 11) is 0. The molecule has 1 aromatic rings. The molecule has 17 heavy (non-hydrogen) atoms. The zero-order chi connectivity index (χ0) is 12.3. The minimum absolute atomic E-state index is 0.0412. The van der Waals surface area contributed by atoms with E-state index in [0.717, 1.165) is 19.6 Å². The quantitative estimate of drug-likeness (QED) is 0.856. The highest BCUT2D eigenvalue weighted by Crippen LogP contribution is 2.19. The van der Waals surface area contributed by atoms with Crippen LogP contribution in [0.25, 0.3) is 0 Å². The molecule has 0 aromatic carbocycles. The number of nitrogens with two attached hydrogens (primary N) is 1. The third kappa shape index (κ3) is 2.79. The fourth-order valence-electron chi connectivity index (χ4n) is 2.34. The summed E-state index contributed by atoms with van der Waals surface area (Å²) < 4.78 is 0. The topological polar surface area (TPSA) is 58.4 Å². The average Bonchev–Trinajstić information content (AvgIpc) is 2.94. The van der Waals surface area contributed by atoms with Crippen LogP contribution in [-0.4, -0.2) is 36.5 Å². The molecule has 0 bridgehead atoms. The van der Waals surface area contributed by atoms with Gasteiger partial charge in [0.15, 0.2) is 0 Å². The van der Waals surface area contributed by atoms with E-state index >= 15 is 0 Å². The van der Waals surface area contributed by atoms with Gasteiger partial charge in [0, 0.05) is 12.6 Å². The second kappa shape index (κ2) is 5.51. The van der Waals surface area contributed by atoms with Gasteiger partial charge in [0.05, 0.1) is 5.69 Å². The van der Waals surface area contributed by atoms with Crippen molar-refractivity contribution in [2.45, 2.75) is 25.8 Å². The van der Waals surface area contributed by atoms with Crippen molar-refractivity contribution in [1.82, 2.24) is 10.2 Å². The first-order chi connectivity index (χ1) is 8.22. The van der Waals surface area contributed by atoms with Crippen LogP contribution < -0.4 is 11.1 Å². The Balaban J connectivity index is 1.86. The van der Waals surface area contributed by atoms with Crippen LogP contribution in [0.5, 0.6) is 0 Å². The summed E-state index contributed by atoms with van der Waals surface area (Å²) >= 11 is 1.40. The second-order valence-corrected chi connectivity index (χ2v) is 5.26. The summed E-state index contributed by atoms with van der Waals surface area (Å²) in [5.41, 5.74) is 6.29. The molecule has 3 N–H and O–H groups in total. The third-order valence-electron chi connectivity index (χ3n) is 3.31. The molecule has 1 saturated heterocycles. The van der Waals surface area contributed by atoms with E-state index in [1.165, 1.54) is 24.2 Å². The van der Waals surface area contributed by atoms with Crippen molar-refractivity contribution in [3.63, 3.8) is 0 Å². The highest BCUT2D eigenvalue weighted by molar-refractivity contribution is 7.12. The molecule has 1 fully saturated rings. The number of rotatable bonds is 4. The Morgan fingerprint density at radius 2 is 2.53 bits per heavy atom. The maximum atomic E-state index is 11.9. The molecule has 1 aromatic heterocycles. The molecule has 4 nitrogen and oxygen atoms in total. The first kappa shape index (κ1) is 12.4. The number of hydrogen-bond donors (Lipinski definition) is 2. The van der Waals surface area contributed by atoms with Gasteiger partial charge in [-0.3, -0.25) is 9.69 Å². The minimum atomic E-state index is -0.0412. The van der Waals surface area contributed by atoms with E-state index in [2.05, 4.69) is 17.1 Å². The molecule has 0 spiro atoms. The van der Waals surface area contributed by atoms with E-state index in [9.17, 15) is 4.79 Å². The van der Waals surface area contributed by atoms with Crippen molar-refractivity contribution in [1.29, 1.82) is 0 Å². The first-order valence-corrected chi connectivity index (χ1v) is 6.95. The van der Waals surface area contributed by atoms with Crippen molar-refractivity contribution in [2.24, 2.45) is 0 Å². The largest absolute Gasteiger partial charge is 0.397 e. The molecule has 1 aliphatic heterocycles. The lowest BCUT2D eigenvalue weighted by molar-refractivity contribution is 0.0946. The van der Waals surface area contributed by atoms with Gasteiger partial charge < -0.3 is 11.1 Å². The highest BCUT2D eigenvalue weighted by atomic mass is 32.1. The van der Waals surface area contributed by atoms with Crippen LogP contribution >= 0.6 is 11.3 Å². The Bertz CT molecular complexity index is 391. The summed E-state index contributed by atoms with van der Waals surface area (Å²) in [6.07, 6.45) is 2.41. The van der Waals surface area contributed by atoms with Crippen molar-refractivity contribution in [3.8, 4) is 0 Å². The van der Waals surface area contributed by atoms with E-state index in [4.69, 9.17) is 5.73 Å². The number of amides is 1. The van der Waals surface area contributed by atoms with E-state index < -0.39 is 0 Å². The van der Waals surface area contributed by atoms with Crippen LogP contribution in [0.2, 0.25) is 0 Å². The van der Waals surface area contributed by atoms with Gasteiger partial charge in [0.25, 0.3) is 5.91 Å². The fraction of sp³-hybridized carbons (Fsp3) is 0.583. The molecule has 2 heterocycles. The van der Waals surface area contributed by atoms with Gasteiger partial charge in [0.2, 0.25) is 0 Å². The summed E-state index contributed by atoms with van der Waals surface area (Å²) in [5, 5.41) is 4.83. The van der Waals surface area contributed by atoms with Crippen molar-refractivity contribution >= 4 is 22.9 Å². The number of nitrogen functional groups attached to an aromatic ring is 1. The number of likely N-dealkylation sites (tertiary alicyclic amines) is 1. The third-order valence-corrected chi connectivity index (χ3v) is 4.23. The second-order valence-electron chi connectivity index (χ2n) is 4.34. The molecule has 1 atom stereocenters. The zero-order valence-electron chi connectivity index (χ0n) is 10.1. The molecule has 2 rings (SSSR count). The lowest BCUT2D eigenvalue weighted by Gasteiger charge is -2.22. The van der Waals surface area contributed by atoms with E-state index in [1.807, 2.05) is 5.38 Å². The highest BCUT2D eigenvalue weighted by Gasteiger charge is 2.23. The van der Waals surface area contributed by atoms with Crippen LogP contribution in [-0.2, 0) is 0 Å². The molecule has 0 aliphatic carbocycles. The Morgan fingerprint density at radius 1 is 1.71 bits per heavy atom. The summed E-state index contributed by atoms with van der Waals surface area (Å²) in [6.45, 7) is 5.10. The van der Waals surface area contributed by atoms with Gasteiger partial charge in [0.1, 0.15) is 4.88 Å². The number of carbonyl (C=O) groups is 1. The molecule has 0 radical (unpaired) electrons. The Kier molecular flexibility index (Phi) is 4.02. The average molecular weight is 253 g/mol. The van der Waals surface area contributed by atoms with Crippen molar-refractivity contribution in [2.75, 3.05) is 25.4 Å². The van der Waals surface area contributed by atoms with Crippen LogP contribution in [0, 0.1) is 0 Å².